The molecule has 0 aliphatic carbocycles. The molecule has 0 bridgehead atoms. The predicted molar refractivity (Wildman–Crippen MR) is 84.3 cm³/mol. The molecule has 0 radical (unpaired) electrons. The molecule has 0 amide bonds. The van der Waals surface area contributed by atoms with E-state index < -0.39 is 0 Å². The fourth-order valence-corrected chi connectivity index (χ4v) is 2.50. The van der Waals surface area contributed by atoms with Gasteiger partial charge in [0.05, 0.1) is 19.9 Å². The Balaban J connectivity index is 2.48. The summed E-state index contributed by atoms with van der Waals surface area (Å²) in [5.74, 6) is 2.43. The Morgan fingerprint density at radius 1 is 1.15 bits per heavy atom. The van der Waals surface area contributed by atoms with Crippen LogP contribution >= 0.6 is 15.9 Å². The van der Waals surface area contributed by atoms with Gasteiger partial charge in [-0.2, -0.15) is 0 Å². The van der Waals surface area contributed by atoms with Gasteiger partial charge in [0.15, 0.2) is 0 Å². The van der Waals surface area contributed by atoms with Crippen molar-refractivity contribution >= 4 is 27.4 Å². The van der Waals surface area contributed by atoms with E-state index in [-0.39, 0.29) is 0 Å². The van der Waals surface area contributed by atoms with Crippen molar-refractivity contribution in [1.29, 1.82) is 0 Å². The zero-order valence-corrected chi connectivity index (χ0v) is 13.6. The number of nitrogens with zero attached hydrogens (tertiary/aromatic N) is 2. The number of pyridine rings is 1. The quantitative estimate of drug-likeness (QED) is 0.846. The summed E-state index contributed by atoms with van der Waals surface area (Å²) in [6.07, 6.45) is 1.78. The van der Waals surface area contributed by atoms with E-state index in [4.69, 9.17) is 9.47 Å². The van der Waals surface area contributed by atoms with E-state index in [0.29, 0.717) is 0 Å². The molecule has 2 rings (SSSR count). The Morgan fingerprint density at radius 3 is 2.50 bits per heavy atom. The third kappa shape index (κ3) is 2.88. The first-order valence-electron chi connectivity index (χ1n) is 6.14. The second kappa shape index (κ2) is 6.13. The number of rotatable bonds is 4. The van der Waals surface area contributed by atoms with Crippen LogP contribution in [-0.4, -0.2) is 26.3 Å². The van der Waals surface area contributed by atoms with Crippen molar-refractivity contribution in [1.82, 2.24) is 4.98 Å². The number of hydrogen-bond donors (Lipinski definition) is 0. The third-order valence-electron chi connectivity index (χ3n) is 3.08. The molecule has 1 aromatic carbocycles. The van der Waals surface area contributed by atoms with Gasteiger partial charge in [-0.1, -0.05) is 0 Å². The van der Waals surface area contributed by atoms with E-state index in [1.165, 1.54) is 0 Å². The van der Waals surface area contributed by atoms with Crippen LogP contribution in [0.3, 0.4) is 0 Å². The number of benzene rings is 1. The highest BCUT2D eigenvalue weighted by Crippen LogP contribution is 2.36. The van der Waals surface area contributed by atoms with Crippen molar-refractivity contribution < 1.29 is 9.47 Å². The molecule has 106 valence electrons. The minimum absolute atomic E-state index is 0.775. The summed E-state index contributed by atoms with van der Waals surface area (Å²) in [6.45, 7) is 2.02. The lowest BCUT2D eigenvalue weighted by molar-refractivity contribution is 0.404. The summed E-state index contributed by atoms with van der Waals surface area (Å²) in [5, 5.41) is 0. The van der Waals surface area contributed by atoms with Gasteiger partial charge in [0.1, 0.15) is 17.3 Å². The number of aromatic nitrogens is 1. The van der Waals surface area contributed by atoms with Crippen LogP contribution in [0.4, 0.5) is 11.5 Å². The Kier molecular flexibility index (Phi) is 4.49. The Morgan fingerprint density at radius 2 is 1.90 bits per heavy atom. The standard InChI is InChI=1S/C15H17BrN2O2/c1-10-7-11(16)9-17-15(10)18(2)13-8-12(19-3)5-6-14(13)20-4/h5-9H,1-4H3. The topological polar surface area (TPSA) is 34.6 Å². The first-order chi connectivity index (χ1) is 9.56. The Bertz CT molecular complexity index is 617. The van der Waals surface area contributed by atoms with Gasteiger partial charge in [-0.15, -0.1) is 0 Å². The van der Waals surface area contributed by atoms with Crippen molar-refractivity contribution in [2.45, 2.75) is 6.92 Å². The van der Waals surface area contributed by atoms with E-state index in [2.05, 4.69) is 20.9 Å². The van der Waals surface area contributed by atoms with Crippen LogP contribution in [0.25, 0.3) is 0 Å². The number of ether oxygens (including phenoxy) is 2. The van der Waals surface area contributed by atoms with Gasteiger partial charge in [-0.25, -0.2) is 4.98 Å². The van der Waals surface area contributed by atoms with Crippen LogP contribution in [0.15, 0.2) is 34.9 Å². The highest BCUT2D eigenvalue weighted by Gasteiger charge is 2.14. The molecule has 0 spiro atoms. The average molecular weight is 337 g/mol. The molecule has 2 aromatic rings. The molecular formula is C15H17BrN2O2. The van der Waals surface area contributed by atoms with Crippen molar-refractivity contribution in [3.8, 4) is 11.5 Å². The smallest absolute Gasteiger partial charge is 0.142 e. The van der Waals surface area contributed by atoms with Crippen LogP contribution in [-0.2, 0) is 0 Å². The fourth-order valence-electron chi connectivity index (χ4n) is 2.06. The normalized spacial score (nSPS) is 10.2. The van der Waals surface area contributed by atoms with Crippen molar-refractivity contribution in [3.05, 3.63) is 40.5 Å². The maximum atomic E-state index is 5.42. The molecule has 1 heterocycles. The van der Waals surface area contributed by atoms with Gasteiger partial charge >= 0.3 is 0 Å². The molecule has 5 heteroatoms. The maximum absolute atomic E-state index is 5.42. The second-order valence-corrected chi connectivity index (χ2v) is 5.31. The molecule has 4 nitrogen and oxygen atoms in total. The average Bonchev–Trinajstić information content (AvgIpc) is 2.46. The van der Waals surface area contributed by atoms with Gasteiger partial charge < -0.3 is 14.4 Å². The maximum Gasteiger partial charge on any atom is 0.142 e. The number of halogens is 1. The SMILES string of the molecule is COc1ccc(OC)c(N(C)c2ncc(Br)cc2C)c1. The van der Waals surface area contributed by atoms with Crippen molar-refractivity contribution in [2.24, 2.45) is 0 Å². The van der Waals surface area contributed by atoms with Crippen molar-refractivity contribution in [2.75, 3.05) is 26.2 Å². The van der Waals surface area contributed by atoms with Gasteiger partial charge in [-0.05, 0) is 46.6 Å². The molecule has 0 saturated carbocycles. The van der Waals surface area contributed by atoms with Crippen LogP contribution < -0.4 is 14.4 Å². The van der Waals surface area contributed by atoms with E-state index in [1.807, 2.05) is 43.1 Å². The number of anilines is 2. The lowest BCUT2D eigenvalue weighted by atomic mass is 10.2. The minimum Gasteiger partial charge on any atom is -0.497 e. The second-order valence-electron chi connectivity index (χ2n) is 4.39. The van der Waals surface area contributed by atoms with Gasteiger partial charge in [-0.3, -0.25) is 0 Å². The third-order valence-corrected chi connectivity index (χ3v) is 3.52. The van der Waals surface area contributed by atoms with Gasteiger partial charge in [0.2, 0.25) is 0 Å². The highest BCUT2D eigenvalue weighted by atomic mass is 79.9. The molecular weight excluding hydrogens is 320 g/mol. The number of aryl methyl sites for hydroxylation is 1. The highest BCUT2D eigenvalue weighted by molar-refractivity contribution is 9.10. The van der Waals surface area contributed by atoms with Crippen molar-refractivity contribution in [3.63, 3.8) is 0 Å². The zero-order chi connectivity index (χ0) is 14.7. The Hall–Kier alpha value is -1.75. The van der Waals surface area contributed by atoms with E-state index in [9.17, 15) is 0 Å². The molecule has 0 aliphatic rings. The molecule has 1 aromatic heterocycles. The molecule has 0 saturated heterocycles. The molecule has 0 aliphatic heterocycles. The number of methoxy groups -OCH3 is 2. The van der Waals surface area contributed by atoms with Crippen LogP contribution in [0.2, 0.25) is 0 Å². The summed E-state index contributed by atoms with van der Waals surface area (Å²) >= 11 is 3.43. The lowest BCUT2D eigenvalue weighted by Crippen LogP contribution is -2.13. The Labute approximate surface area is 127 Å². The first-order valence-corrected chi connectivity index (χ1v) is 6.94. The predicted octanol–water partition coefficient (Wildman–Crippen LogP) is 3.94. The molecule has 0 atom stereocenters. The lowest BCUT2D eigenvalue weighted by Gasteiger charge is -2.23. The molecule has 0 unspecified atom stereocenters. The molecule has 20 heavy (non-hydrogen) atoms. The summed E-state index contributed by atoms with van der Waals surface area (Å²) in [6, 6.07) is 7.73. The largest absolute Gasteiger partial charge is 0.497 e. The van der Waals surface area contributed by atoms with Gasteiger partial charge in [0, 0.05) is 23.8 Å². The summed E-state index contributed by atoms with van der Waals surface area (Å²) in [4.78, 5) is 6.46. The summed E-state index contributed by atoms with van der Waals surface area (Å²) in [5.41, 5.74) is 1.98. The first kappa shape index (κ1) is 14.7. The van der Waals surface area contributed by atoms with Gasteiger partial charge in [0.25, 0.3) is 0 Å². The van der Waals surface area contributed by atoms with Crippen LogP contribution in [0.5, 0.6) is 11.5 Å². The summed E-state index contributed by atoms with van der Waals surface area (Å²) in [7, 11) is 5.26. The zero-order valence-electron chi connectivity index (χ0n) is 12.0. The molecule has 0 fully saturated rings. The van der Waals surface area contributed by atoms with Crippen LogP contribution in [0, 0.1) is 6.92 Å². The monoisotopic (exact) mass is 336 g/mol. The molecule has 0 N–H and O–H groups in total. The van der Waals surface area contributed by atoms with E-state index in [1.54, 1.807) is 20.4 Å². The van der Waals surface area contributed by atoms with Crippen LogP contribution in [0.1, 0.15) is 5.56 Å². The number of hydrogen-bond acceptors (Lipinski definition) is 4. The summed E-state index contributed by atoms with van der Waals surface area (Å²) < 4.78 is 11.7. The van der Waals surface area contributed by atoms with E-state index >= 15 is 0 Å². The van der Waals surface area contributed by atoms with E-state index in [0.717, 1.165) is 33.0 Å². The minimum atomic E-state index is 0.775. The fraction of sp³-hybridized carbons (Fsp3) is 0.267.